The number of sulfonamides is 1. The molecule has 0 spiro atoms. The van der Waals surface area contributed by atoms with Crippen molar-refractivity contribution < 1.29 is 27.1 Å². The van der Waals surface area contributed by atoms with Crippen LogP contribution < -0.4 is 19.4 Å². The highest BCUT2D eigenvalue weighted by Gasteiger charge is 2.62. The number of hydrogen-bond acceptors (Lipinski definition) is 9. The van der Waals surface area contributed by atoms with Crippen LogP contribution in [0.25, 0.3) is 0 Å². The standard InChI is InChI=1S/C33H29FN6O5S/c1-2-45-29-9-5-3-7-25(29)33(31(41)37-39-19-17-38(18-20-39)24-13-15-36-16-14-24)26-21-23(22-35)11-12-28(26)40(32(33)42)46(43,44)30-10-6-4-8-27(30)34/h3-16,21H,2,17-20H2,1H3,(H,37,41). The zero-order chi connectivity index (χ0) is 32.5. The zero-order valence-corrected chi connectivity index (χ0v) is 25.6. The van der Waals surface area contributed by atoms with Crippen LogP contribution in [0.4, 0.5) is 15.8 Å². The number of amides is 2. The summed E-state index contributed by atoms with van der Waals surface area (Å²) in [5.74, 6) is -2.88. The Labute approximate surface area is 265 Å². The van der Waals surface area contributed by atoms with Crippen LogP contribution in [0.3, 0.4) is 0 Å². The summed E-state index contributed by atoms with van der Waals surface area (Å²) in [4.78, 5) is 35.1. The van der Waals surface area contributed by atoms with Gasteiger partial charge in [0.2, 0.25) is 0 Å². The molecule has 0 aliphatic carbocycles. The summed E-state index contributed by atoms with van der Waals surface area (Å²) < 4.78 is 49.5. The van der Waals surface area contributed by atoms with Gasteiger partial charge in [0.15, 0.2) is 5.41 Å². The number of hydrazine groups is 1. The molecule has 1 atom stereocenters. The van der Waals surface area contributed by atoms with E-state index in [1.807, 2.05) is 18.2 Å². The number of halogens is 1. The van der Waals surface area contributed by atoms with Crippen LogP contribution in [0.5, 0.6) is 5.75 Å². The average molecular weight is 641 g/mol. The van der Waals surface area contributed by atoms with E-state index < -0.39 is 38.0 Å². The van der Waals surface area contributed by atoms with Gasteiger partial charge in [-0.2, -0.15) is 5.26 Å². The monoisotopic (exact) mass is 640 g/mol. The topological polar surface area (TPSA) is 136 Å². The van der Waals surface area contributed by atoms with E-state index in [-0.39, 0.29) is 34.7 Å². The number of ether oxygens (including phenoxy) is 1. The first-order valence-electron chi connectivity index (χ1n) is 14.6. The van der Waals surface area contributed by atoms with E-state index in [0.29, 0.717) is 30.5 Å². The Kier molecular flexibility index (Phi) is 8.16. The average Bonchev–Trinajstić information content (AvgIpc) is 3.34. The molecule has 2 aliphatic heterocycles. The van der Waals surface area contributed by atoms with Gasteiger partial charge in [-0.3, -0.25) is 20.0 Å². The Balaban J connectivity index is 1.49. The molecule has 2 aliphatic rings. The molecule has 3 heterocycles. The number of rotatable bonds is 8. The van der Waals surface area contributed by atoms with Gasteiger partial charge in [-0.15, -0.1) is 0 Å². The van der Waals surface area contributed by atoms with Crippen LogP contribution in [0.2, 0.25) is 0 Å². The number of hydrogen-bond donors (Lipinski definition) is 1. The molecule has 1 saturated heterocycles. The van der Waals surface area contributed by atoms with E-state index in [4.69, 9.17) is 4.74 Å². The van der Waals surface area contributed by atoms with Gasteiger partial charge >= 0.3 is 0 Å². The van der Waals surface area contributed by atoms with Gasteiger partial charge in [0.1, 0.15) is 16.5 Å². The minimum Gasteiger partial charge on any atom is -0.494 e. The summed E-state index contributed by atoms with van der Waals surface area (Å²) in [6.07, 6.45) is 3.39. The molecule has 2 amide bonds. The second-order valence-electron chi connectivity index (χ2n) is 10.6. The number of benzene rings is 3. The Bertz CT molecular complexity index is 1960. The van der Waals surface area contributed by atoms with Crippen LogP contribution in [-0.2, 0) is 25.0 Å². The predicted molar refractivity (Wildman–Crippen MR) is 167 cm³/mol. The molecule has 1 N–H and O–H groups in total. The number of nitriles is 1. The second-order valence-corrected chi connectivity index (χ2v) is 12.4. The normalized spacial score (nSPS) is 18.2. The fraction of sp³-hybridized carbons (Fsp3) is 0.212. The van der Waals surface area contributed by atoms with Gasteiger partial charge in [0.05, 0.1) is 23.9 Å². The quantitative estimate of drug-likeness (QED) is 0.288. The lowest BCUT2D eigenvalue weighted by Crippen LogP contribution is -2.60. The minimum atomic E-state index is -4.88. The first-order valence-corrected chi connectivity index (χ1v) is 16.0. The van der Waals surface area contributed by atoms with Gasteiger partial charge < -0.3 is 9.64 Å². The number of anilines is 2. The highest BCUT2D eigenvalue weighted by Crippen LogP contribution is 2.51. The Morgan fingerprint density at radius 2 is 1.70 bits per heavy atom. The van der Waals surface area contributed by atoms with E-state index in [0.717, 1.165) is 17.8 Å². The summed E-state index contributed by atoms with van der Waals surface area (Å²) in [6, 6.07) is 20.8. The first kappa shape index (κ1) is 30.7. The van der Waals surface area contributed by atoms with Crippen LogP contribution in [-0.4, -0.2) is 63.0 Å². The summed E-state index contributed by atoms with van der Waals surface area (Å²) in [6.45, 7) is 3.77. The van der Waals surface area contributed by atoms with E-state index in [1.165, 1.54) is 36.4 Å². The summed E-state index contributed by atoms with van der Waals surface area (Å²) >= 11 is 0. The van der Waals surface area contributed by atoms with Crippen molar-refractivity contribution in [1.82, 2.24) is 15.4 Å². The van der Waals surface area contributed by atoms with Gasteiger partial charge in [-0.1, -0.05) is 30.3 Å². The Morgan fingerprint density at radius 1 is 1.00 bits per heavy atom. The molecule has 234 valence electrons. The number of fused-ring (bicyclic) bond motifs is 1. The van der Waals surface area contributed by atoms with Crippen molar-refractivity contribution in [1.29, 1.82) is 5.26 Å². The maximum Gasteiger partial charge on any atom is 0.273 e. The molecule has 11 nitrogen and oxygen atoms in total. The van der Waals surface area contributed by atoms with Crippen LogP contribution in [0, 0.1) is 17.1 Å². The molecule has 1 unspecified atom stereocenters. The molecule has 6 rings (SSSR count). The third-order valence-corrected chi connectivity index (χ3v) is 9.84. The van der Waals surface area contributed by atoms with Crippen molar-refractivity contribution >= 4 is 33.2 Å². The molecule has 13 heteroatoms. The van der Waals surface area contributed by atoms with Crippen molar-refractivity contribution in [2.45, 2.75) is 17.2 Å². The van der Waals surface area contributed by atoms with E-state index >= 15 is 0 Å². The fourth-order valence-electron chi connectivity index (χ4n) is 5.97. The van der Waals surface area contributed by atoms with E-state index in [1.54, 1.807) is 42.5 Å². The number of carbonyl (C=O) groups is 2. The molecular weight excluding hydrogens is 611 g/mol. The second kappa shape index (κ2) is 12.2. The van der Waals surface area contributed by atoms with Crippen molar-refractivity contribution in [3.05, 3.63) is 114 Å². The van der Waals surface area contributed by atoms with Gasteiger partial charge in [-0.25, -0.2) is 22.1 Å². The van der Waals surface area contributed by atoms with Crippen molar-refractivity contribution in [2.75, 3.05) is 42.0 Å². The SMILES string of the molecule is CCOc1ccccc1C1(C(=O)NN2CCN(c3ccncc3)CC2)C(=O)N(S(=O)(=O)c2ccccc2F)c2ccc(C#N)cc21. The van der Waals surface area contributed by atoms with Gasteiger partial charge in [0, 0.05) is 55.4 Å². The van der Waals surface area contributed by atoms with Crippen molar-refractivity contribution in [3.8, 4) is 11.8 Å². The maximum absolute atomic E-state index is 15.0. The lowest BCUT2D eigenvalue weighted by molar-refractivity contribution is -0.136. The summed E-state index contributed by atoms with van der Waals surface area (Å²) in [7, 11) is -4.88. The molecule has 1 aromatic heterocycles. The fourth-order valence-corrected chi connectivity index (χ4v) is 7.50. The highest BCUT2D eigenvalue weighted by atomic mass is 32.2. The highest BCUT2D eigenvalue weighted by molar-refractivity contribution is 7.93. The molecule has 0 bridgehead atoms. The molecular formula is C33H29FN6O5S. The zero-order valence-electron chi connectivity index (χ0n) is 24.8. The number of para-hydroxylation sites is 1. The number of nitrogens with one attached hydrogen (secondary N) is 1. The first-order chi connectivity index (χ1) is 22.2. The number of aromatic nitrogens is 1. The third-order valence-electron chi connectivity index (χ3n) is 8.11. The van der Waals surface area contributed by atoms with Gasteiger partial charge in [-0.05, 0) is 55.5 Å². The molecule has 1 fully saturated rings. The Hall–Kier alpha value is -5.32. The van der Waals surface area contributed by atoms with Crippen molar-refractivity contribution in [2.24, 2.45) is 0 Å². The lowest BCUT2D eigenvalue weighted by atomic mass is 9.73. The van der Waals surface area contributed by atoms with Gasteiger partial charge in [0.25, 0.3) is 21.8 Å². The van der Waals surface area contributed by atoms with Crippen molar-refractivity contribution in [3.63, 3.8) is 0 Å². The molecule has 3 aromatic carbocycles. The summed E-state index contributed by atoms with van der Waals surface area (Å²) in [5, 5.41) is 11.5. The largest absolute Gasteiger partial charge is 0.494 e. The van der Waals surface area contributed by atoms with Crippen LogP contribution in [0.1, 0.15) is 23.6 Å². The number of carbonyl (C=O) groups excluding carboxylic acids is 2. The van der Waals surface area contributed by atoms with Crippen LogP contribution in [0.15, 0.2) is 96.2 Å². The molecule has 0 radical (unpaired) electrons. The molecule has 0 saturated carbocycles. The minimum absolute atomic E-state index is 0.0449. The summed E-state index contributed by atoms with van der Waals surface area (Å²) in [5.41, 5.74) is 1.48. The van der Waals surface area contributed by atoms with Crippen LogP contribution >= 0.6 is 0 Å². The van der Waals surface area contributed by atoms with E-state index in [9.17, 15) is 27.7 Å². The third kappa shape index (κ3) is 5.01. The van der Waals surface area contributed by atoms with E-state index in [2.05, 4.69) is 15.3 Å². The molecule has 4 aromatic rings. The maximum atomic E-state index is 15.0. The number of piperazine rings is 1. The molecule has 46 heavy (non-hydrogen) atoms. The number of nitrogens with zero attached hydrogens (tertiary/aromatic N) is 5. The smallest absolute Gasteiger partial charge is 0.273 e. The lowest BCUT2D eigenvalue weighted by Gasteiger charge is -2.38. The number of pyridine rings is 1. The Morgan fingerprint density at radius 3 is 2.39 bits per heavy atom. The predicted octanol–water partition coefficient (Wildman–Crippen LogP) is 3.37.